The van der Waals surface area contributed by atoms with Crippen molar-refractivity contribution in [3.05, 3.63) is 431 Å². The zero-order valence-corrected chi connectivity index (χ0v) is 96.1. The molecule has 20 aromatic rings. The van der Waals surface area contributed by atoms with Gasteiger partial charge in [0.15, 0.2) is 0 Å². The Labute approximate surface area is 909 Å². The van der Waals surface area contributed by atoms with Crippen molar-refractivity contribution in [2.45, 2.75) is 135 Å². The molecular formula is C124H124N16Pt4. The summed E-state index contributed by atoms with van der Waals surface area (Å²) in [6, 6.07) is 102. The van der Waals surface area contributed by atoms with E-state index in [0.29, 0.717) is 0 Å². The SMILES string of the molecule is Cc1c(-c2[c-]ccc3c2C(C)(C)c2ccccc2-3)ncn1C.Cc1c(-c2[c-]ccc3c2C(C)(C)c2ccccc2-3)ncn1C.Cc1c[c-]c(-c2cn(C)cn2)c(C)c1.Cc1c[c-]c(-c2cn(C)cn2)c(C)c1.Cc1ccc[c-]c1-c1ncn(C)c1C.Cc1ccc[c-]c1-c1ncn(C)c1C.Cc1ccccc1-c1c[c-]c(-c2ncn(C)c2C)cc1.Cc1ccccc1-c1c[c-]c(-c2ncn(C)c2C)cc1.[Pt+2].[Pt+2].[Pt+2].[Pt+2]. The van der Waals surface area contributed by atoms with Crippen molar-refractivity contribution in [3.63, 3.8) is 0 Å². The fraction of sp³-hybridized carbons (Fsp3) is 0.226. The summed E-state index contributed by atoms with van der Waals surface area (Å²) >= 11 is 0. The molecular weight excluding hydrogens is 2490 g/mol. The number of rotatable bonds is 10. The molecule has 0 radical (unpaired) electrons. The van der Waals surface area contributed by atoms with Crippen molar-refractivity contribution in [2.24, 2.45) is 56.4 Å². The molecule has 740 valence electrons. The van der Waals surface area contributed by atoms with Crippen LogP contribution in [0.4, 0.5) is 0 Å². The van der Waals surface area contributed by atoms with Crippen LogP contribution in [0.3, 0.4) is 0 Å². The molecule has 20 heteroatoms. The van der Waals surface area contributed by atoms with Gasteiger partial charge >= 0.3 is 84.3 Å². The number of hydrogen-bond donors (Lipinski definition) is 0. The largest absolute Gasteiger partial charge is 2.00 e. The van der Waals surface area contributed by atoms with Crippen LogP contribution in [0.1, 0.15) is 129 Å². The van der Waals surface area contributed by atoms with Crippen LogP contribution in [-0.4, -0.2) is 76.4 Å². The molecule has 144 heavy (non-hydrogen) atoms. The van der Waals surface area contributed by atoms with Crippen LogP contribution in [0, 0.1) is 145 Å². The van der Waals surface area contributed by atoms with E-state index in [9.17, 15) is 0 Å². The predicted octanol–water partition coefficient (Wildman–Crippen LogP) is 27.4. The van der Waals surface area contributed by atoms with E-state index in [2.05, 4.69) is 380 Å². The monoisotopic (exact) mass is 2620 g/mol. The molecule has 0 amide bonds. The standard InChI is InChI=1S/2C20H19N2.2C18H17N2.4C12H13N2.4Pt/c2*1-13-19(21-12-22(13)4)16-10-7-9-15-14-8-5-6-11-17(14)20(2,3)18(15)16;2*1-13-6-4-5-7-17(13)15-8-10-16(11-9-15)18-14(2)20(3)12-19-18;2*1-9-4-5-11(10(2)6-9)12-7-14(3)8-13-12;2*1-9-6-4-5-7-11(9)12-10(2)14(3)8-13-12;;;;/h2*5-9,11-12H,1-4H3;2*4-10,12H,1-3H3;2*4,6-8H,1-3H3;2*4-6,8H,1-3H3;;;;/q8*-1;4*+2. The Hall–Kier alpha value is -12.9. The normalized spacial score (nSPS) is 11.6. The molecule has 2 aliphatic rings. The minimum absolute atomic E-state index is 0. The smallest absolute Gasteiger partial charge is 0.350 e. The van der Waals surface area contributed by atoms with E-state index in [0.717, 1.165) is 101 Å². The first-order valence-electron chi connectivity index (χ1n) is 47.3. The van der Waals surface area contributed by atoms with Gasteiger partial charge in [-0.3, -0.25) is 39.9 Å². The molecule has 16 nitrogen and oxygen atoms in total. The average Bonchev–Trinajstić information content (AvgIpc) is 1.57. The first-order chi connectivity index (χ1) is 67.1. The number of hydrogen-bond acceptors (Lipinski definition) is 8. The fourth-order valence-corrected chi connectivity index (χ4v) is 18.3. The minimum Gasteiger partial charge on any atom is -0.350 e. The Bertz CT molecular complexity index is 7330. The van der Waals surface area contributed by atoms with Gasteiger partial charge in [0.25, 0.3) is 0 Å². The van der Waals surface area contributed by atoms with Crippen molar-refractivity contribution in [2.75, 3.05) is 0 Å². The second-order valence-electron chi connectivity index (χ2n) is 37.7. The van der Waals surface area contributed by atoms with E-state index in [1.165, 1.54) is 134 Å². The van der Waals surface area contributed by atoms with Crippen LogP contribution in [0.15, 0.2) is 281 Å². The minimum atomic E-state index is -0.0248. The number of aryl methyl sites for hydroxylation is 16. The topological polar surface area (TPSA) is 143 Å². The average molecular weight is 2620 g/mol. The van der Waals surface area contributed by atoms with Gasteiger partial charge in [0.1, 0.15) is 0 Å². The Morgan fingerprint density at radius 2 is 0.528 bits per heavy atom. The summed E-state index contributed by atoms with van der Waals surface area (Å²) in [5.41, 5.74) is 49.5. The first kappa shape index (κ1) is 111. The summed E-state index contributed by atoms with van der Waals surface area (Å²) in [4.78, 5) is 35.5. The molecule has 8 heterocycles. The predicted molar refractivity (Wildman–Crippen MR) is 572 cm³/mol. The zero-order valence-electron chi connectivity index (χ0n) is 87.0. The molecule has 0 bridgehead atoms. The van der Waals surface area contributed by atoms with Gasteiger partial charge < -0.3 is 36.5 Å². The van der Waals surface area contributed by atoms with E-state index in [4.69, 9.17) is 0 Å². The van der Waals surface area contributed by atoms with Gasteiger partial charge in [0.05, 0.1) is 50.6 Å². The summed E-state index contributed by atoms with van der Waals surface area (Å²) < 4.78 is 16.1. The van der Waals surface area contributed by atoms with Crippen molar-refractivity contribution in [1.29, 1.82) is 0 Å². The molecule has 0 saturated carbocycles. The molecule has 2 aliphatic carbocycles. The number of imidazole rings is 8. The maximum atomic E-state index is 4.62. The molecule has 0 atom stereocenters. The summed E-state index contributed by atoms with van der Waals surface area (Å²) in [5.74, 6) is 0. The second kappa shape index (κ2) is 48.6. The molecule has 0 saturated heterocycles. The summed E-state index contributed by atoms with van der Waals surface area (Å²) in [6.07, 6.45) is 18.8. The van der Waals surface area contributed by atoms with Crippen LogP contribution < -0.4 is 0 Å². The number of nitrogens with zero attached hydrogens (tertiary/aromatic N) is 16. The first-order valence-corrected chi connectivity index (χ1v) is 47.3. The van der Waals surface area contributed by atoms with E-state index in [1.54, 1.807) is 0 Å². The number of aromatic nitrogens is 16. The molecule has 0 N–H and O–H groups in total. The van der Waals surface area contributed by atoms with Crippen LogP contribution in [0.5, 0.6) is 0 Å². The fourth-order valence-electron chi connectivity index (χ4n) is 18.3. The number of fused-ring (bicyclic) bond motifs is 6. The molecule has 0 spiro atoms. The summed E-state index contributed by atoms with van der Waals surface area (Å²) in [6.45, 7) is 38.5. The zero-order chi connectivity index (χ0) is 99.7. The summed E-state index contributed by atoms with van der Waals surface area (Å²) in [5, 5.41) is 0. The maximum Gasteiger partial charge on any atom is 2.00 e. The third-order valence-electron chi connectivity index (χ3n) is 27.0. The van der Waals surface area contributed by atoms with Crippen LogP contribution in [-0.2, 0) is 151 Å². The van der Waals surface area contributed by atoms with Crippen molar-refractivity contribution in [3.8, 4) is 135 Å². The van der Waals surface area contributed by atoms with E-state index < -0.39 is 0 Å². The Morgan fingerprint density at radius 1 is 0.236 bits per heavy atom. The van der Waals surface area contributed by atoms with Crippen LogP contribution >= 0.6 is 0 Å². The Kier molecular flexibility index (Phi) is 37.6. The van der Waals surface area contributed by atoms with Crippen LogP contribution in [0.25, 0.3) is 135 Å². The summed E-state index contributed by atoms with van der Waals surface area (Å²) in [7, 11) is 16.0. The van der Waals surface area contributed by atoms with Gasteiger partial charge in [-0.05, 0) is 135 Å². The molecule has 0 aliphatic heterocycles. The second-order valence-corrected chi connectivity index (χ2v) is 37.7. The quantitative estimate of drug-likeness (QED) is 0.123. The van der Waals surface area contributed by atoms with Gasteiger partial charge in [-0.1, -0.05) is 211 Å². The third kappa shape index (κ3) is 24.3. The van der Waals surface area contributed by atoms with Crippen molar-refractivity contribution < 1.29 is 84.3 Å². The maximum absolute atomic E-state index is 4.62. The van der Waals surface area contributed by atoms with Crippen LogP contribution in [0.2, 0.25) is 0 Å². The van der Waals surface area contributed by atoms with Gasteiger partial charge in [-0.15, -0.1) is 259 Å². The van der Waals surface area contributed by atoms with Crippen molar-refractivity contribution in [1.82, 2.24) is 76.4 Å². The van der Waals surface area contributed by atoms with Crippen molar-refractivity contribution >= 4 is 0 Å². The third-order valence-corrected chi connectivity index (χ3v) is 27.0. The van der Waals surface area contributed by atoms with E-state index in [-0.39, 0.29) is 95.1 Å². The van der Waals surface area contributed by atoms with E-state index in [1.807, 2.05) is 207 Å². The van der Waals surface area contributed by atoms with Gasteiger partial charge in [0.2, 0.25) is 0 Å². The number of benzene rings is 12. The molecule has 0 fully saturated rings. The van der Waals surface area contributed by atoms with E-state index >= 15 is 0 Å². The Balaban J connectivity index is 0.000000157. The molecule has 12 aromatic carbocycles. The molecule has 0 unspecified atom stereocenters. The Morgan fingerprint density at radius 3 is 0.806 bits per heavy atom. The van der Waals surface area contributed by atoms with Gasteiger partial charge in [-0.25, -0.2) is 0 Å². The van der Waals surface area contributed by atoms with Gasteiger partial charge in [0, 0.05) is 102 Å². The molecule has 22 rings (SSSR count). The molecule has 8 aromatic heterocycles. The van der Waals surface area contributed by atoms with Gasteiger partial charge in [-0.2, -0.15) is 0 Å².